The largest absolute Gasteiger partial charge is 0.492 e. The first-order valence-electron chi connectivity index (χ1n) is 11.2. The third-order valence-electron chi connectivity index (χ3n) is 6.13. The molecule has 1 unspecified atom stereocenters. The highest BCUT2D eigenvalue weighted by molar-refractivity contribution is 6.01. The molecule has 4 rings (SSSR count). The van der Waals surface area contributed by atoms with Gasteiger partial charge in [-0.1, -0.05) is 42.5 Å². The van der Waals surface area contributed by atoms with Gasteiger partial charge in [0.25, 0.3) is 0 Å². The summed E-state index contributed by atoms with van der Waals surface area (Å²) in [5.74, 6) is 0.339. The molecule has 2 aromatic carbocycles. The first kappa shape index (κ1) is 21.4. The maximum absolute atomic E-state index is 12.9. The zero-order valence-corrected chi connectivity index (χ0v) is 18.1. The van der Waals surface area contributed by atoms with Gasteiger partial charge >= 0.3 is 0 Å². The summed E-state index contributed by atoms with van der Waals surface area (Å²) in [6, 6.07) is 18.2. The normalized spacial score (nSPS) is 20.1. The van der Waals surface area contributed by atoms with Crippen molar-refractivity contribution in [2.75, 3.05) is 31.1 Å². The number of likely N-dealkylation sites (tertiary alicyclic amines) is 1. The van der Waals surface area contributed by atoms with Crippen molar-refractivity contribution in [2.45, 2.75) is 38.8 Å². The summed E-state index contributed by atoms with van der Waals surface area (Å²) in [6.45, 7) is 5.75. The molecule has 2 aromatic rings. The van der Waals surface area contributed by atoms with Gasteiger partial charge in [-0.3, -0.25) is 14.5 Å². The fraction of sp³-hybridized carbons (Fsp3) is 0.440. The van der Waals surface area contributed by atoms with Crippen LogP contribution in [-0.4, -0.2) is 49.0 Å². The van der Waals surface area contributed by atoms with Gasteiger partial charge in [-0.15, -0.1) is 0 Å². The summed E-state index contributed by atoms with van der Waals surface area (Å²) in [5.41, 5.74) is 2.07. The zero-order chi connectivity index (χ0) is 21.6. The number of hydrogen-bond acceptors (Lipinski definition) is 4. The van der Waals surface area contributed by atoms with Gasteiger partial charge in [-0.05, 0) is 37.5 Å². The highest BCUT2D eigenvalue weighted by Crippen LogP contribution is 2.33. The van der Waals surface area contributed by atoms with Crippen LogP contribution in [0.1, 0.15) is 31.7 Å². The predicted molar refractivity (Wildman–Crippen MR) is 121 cm³/mol. The molecule has 0 bridgehead atoms. The van der Waals surface area contributed by atoms with E-state index in [1.54, 1.807) is 4.90 Å². The molecular formula is C25H31N3O3. The molecule has 1 atom stereocenters. The standard InChI is InChI=1S/C25H31N3O3/c1-2-31-23-11-7-6-10-22(23)28-18-20(16-24(28)29)25(30)26-21-12-14-27(15-13-21)17-19-8-4-3-5-9-19/h3-11,20-21H,2,12-18H2,1H3,(H,26,30). The van der Waals surface area contributed by atoms with Crippen LogP contribution in [-0.2, 0) is 16.1 Å². The van der Waals surface area contributed by atoms with E-state index < -0.39 is 0 Å². The molecule has 0 aliphatic carbocycles. The van der Waals surface area contributed by atoms with Crippen molar-refractivity contribution >= 4 is 17.5 Å². The summed E-state index contributed by atoms with van der Waals surface area (Å²) >= 11 is 0. The second-order valence-electron chi connectivity index (χ2n) is 8.35. The molecule has 2 heterocycles. The smallest absolute Gasteiger partial charge is 0.227 e. The van der Waals surface area contributed by atoms with Crippen molar-refractivity contribution in [1.82, 2.24) is 10.2 Å². The Kier molecular flexibility index (Phi) is 6.87. The van der Waals surface area contributed by atoms with Gasteiger partial charge in [0, 0.05) is 38.6 Å². The summed E-state index contributed by atoms with van der Waals surface area (Å²) in [7, 11) is 0. The third-order valence-corrected chi connectivity index (χ3v) is 6.13. The lowest BCUT2D eigenvalue weighted by molar-refractivity contribution is -0.127. The van der Waals surface area contributed by atoms with E-state index in [-0.39, 0.29) is 30.2 Å². The van der Waals surface area contributed by atoms with Gasteiger partial charge < -0.3 is 15.0 Å². The first-order chi connectivity index (χ1) is 15.1. The molecular weight excluding hydrogens is 390 g/mol. The van der Waals surface area contributed by atoms with E-state index in [4.69, 9.17) is 4.74 Å². The van der Waals surface area contributed by atoms with E-state index >= 15 is 0 Å². The lowest BCUT2D eigenvalue weighted by atomic mass is 10.0. The van der Waals surface area contributed by atoms with E-state index in [0.29, 0.717) is 18.9 Å². The number of para-hydroxylation sites is 2. The highest BCUT2D eigenvalue weighted by Gasteiger charge is 2.37. The first-order valence-corrected chi connectivity index (χ1v) is 11.2. The second-order valence-corrected chi connectivity index (χ2v) is 8.35. The van der Waals surface area contributed by atoms with Gasteiger partial charge in [0.05, 0.1) is 18.2 Å². The Balaban J connectivity index is 1.29. The maximum Gasteiger partial charge on any atom is 0.227 e. The van der Waals surface area contributed by atoms with Gasteiger partial charge in [-0.25, -0.2) is 0 Å². The average molecular weight is 422 g/mol. The maximum atomic E-state index is 12.9. The Labute approximate surface area is 184 Å². The number of hydrogen-bond donors (Lipinski definition) is 1. The van der Waals surface area contributed by atoms with Crippen LogP contribution in [0, 0.1) is 5.92 Å². The van der Waals surface area contributed by atoms with Crippen molar-refractivity contribution in [1.29, 1.82) is 0 Å². The van der Waals surface area contributed by atoms with Crippen molar-refractivity contribution in [3.63, 3.8) is 0 Å². The molecule has 1 N–H and O–H groups in total. The summed E-state index contributed by atoms with van der Waals surface area (Å²) in [5, 5.41) is 3.20. The molecule has 6 nitrogen and oxygen atoms in total. The van der Waals surface area contributed by atoms with E-state index in [9.17, 15) is 9.59 Å². The zero-order valence-electron chi connectivity index (χ0n) is 18.1. The van der Waals surface area contributed by atoms with Crippen molar-refractivity contribution in [3.05, 3.63) is 60.2 Å². The van der Waals surface area contributed by atoms with E-state index in [0.717, 1.165) is 38.2 Å². The molecule has 2 aliphatic heterocycles. The molecule has 6 heteroatoms. The minimum absolute atomic E-state index is 0.00810. The number of nitrogens with one attached hydrogen (secondary N) is 1. The minimum Gasteiger partial charge on any atom is -0.492 e. The van der Waals surface area contributed by atoms with Crippen LogP contribution < -0.4 is 15.0 Å². The van der Waals surface area contributed by atoms with Gasteiger partial charge in [0.2, 0.25) is 11.8 Å². The Hall–Kier alpha value is -2.86. The van der Waals surface area contributed by atoms with Gasteiger partial charge in [0.1, 0.15) is 5.75 Å². The summed E-state index contributed by atoms with van der Waals surface area (Å²) < 4.78 is 5.67. The molecule has 31 heavy (non-hydrogen) atoms. The molecule has 2 aliphatic rings. The fourth-order valence-electron chi connectivity index (χ4n) is 4.47. The molecule has 2 fully saturated rings. The number of anilines is 1. The number of benzene rings is 2. The number of piperidine rings is 1. The molecule has 0 aromatic heterocycles. The van der Waals surface area contributed by atoms with Crippen LogP contribution in [0.5, 0.6) is 5.75 Å². The van der Waals surface area contributed by atoms with Crippen LogP contribution in [0.3, 0.4) is 0 Å². The predicted octanol–water partition coefficient (Wildman–Crippen LogP) is 3.22. The summed E-state index contributed by atoms with van der Waals surface area (Å²) in [6.07, 6.45) is 2.13. The van der Waals surface area contributed by atoms with Crippen molar-refractivity contribution < 1.29 is 14.3 Å². The SMILES string of the molecule is CCOc1ccccc1N1CC(C(=O)NC2CCN(Cc3ccccc3)CC2)CC1=O. The number of ether oxygens (including phenoxy) is 1. The van der Waals surface area contributed by atoms with Gasteiger partial charge in [0.15, 0.2) is 0 Å². The number of nitrogens with zero attached hydrogens (tertiary/aromatic N) is 2. The van der Waals surface area contributed by atoms with Crippen LogP contribution in [0.25, 0.3) is 0 Å². The monoisotopic (exact) mass is 421 g/mol. The molecule has 2 saturated heterocycles. The van der Waals surface area contributed by atoms with Crippen LogP contribution >= 0.6 is 0 Å². The molecule has 0 radical (unpaired) electrons. The highest BCUT2D eigenvalue weighted by atomic mass is 16.5. The van der Waals surface area contributed by atoms with E-state index in [2.05, 4.69) is 34.5 Å². The number of rotatable bonds is 7. The molecule has 0 saturated carbocycles. The molecule has 0 spiro atoms. The Morgan fingerprint density at radius 3 is 2.52 bits per heavy atom. The topological polar surface area (TPSA) is 61.9 Å². The summed E-state index contributed by atoms with van der Waals surface area (Å²) in [4.78, 5) is 29.6. The van der Waals surface area contributed by atoms with Gasteiger partial charge in [-0.2, -0.15) is 0 Å². The van der Waals surface area contributed by atoms with Crippen LogP contribution in [0.4, 0.5) is 5.69 Å². The lowest BCUT2D eigenvalue weighted by Crippen LogP contribution is -2.46. The number of carbonyl (C=O) groups excluding carboxylic acids is 2. The van der Waals surface area contributed by atoms with Crippen LogP contribution in [0.2, 0.25) is 0 Å². The quantitative estimate of drug-likeness (QED) is 0.746. The molecule has 2 amide bonds. The Morgan fingerprint density at radius 1 is 1.06 bits per heavy atom. The van der Waals surface area contributed by atoms with E-state index in [1.807, 2.05) is 37.3 Å². The Morgan fingerprint density at radius 2 is 1.77 bits per heavy atom. The van der Waals surface area contributed by atoms with E-state index in [1.165, 1.54) is 5.56 Å². The minimum atomic E-state index is -0.315. The fourth-order valence-corrected chi connectivity index (χ4v) is 4.47. The van der Waals surface area contributed by atoms with Crippen LogP contribution in [0.15, 0.2) is 54.6 Å². The lowest BCUT2D eigenvalue weighted by Gasteiger charge is -2.32. The average Bonchev–Trinajstić information content (AvgIpc) is 3.18. The Bertz CT molecular complexity index is 894. The van der Waals surface area contributed by atoms with Crippen molar-refractivity contribution in [3.8, 4) is 5.75 Å². The number of carbonyl (C=O) groups is 2. The number of amides is 2. The second kappa shape index (κ2) is 9.96. The van der Waals surface area contributed by atoms with Crippen molar-refractivity contribution in [2.24, 2.45) is 5.92 Å². The third kappa shape index (κ3) is 5.25. The molecule has 164 valence electrons.